The Morgan fingerprint density at radius 2 is 1.92 bits per heavy atom. The van der Waals surface area contributed by atoms with Crippen molar-refractivity contribution in [1.82, 2.24) is 0 Å². The molecule has 0 aromatic rings. The van der Waals surface area contributed by atoms with Crippen LogP contribution in [-0.2, 0) is 4.79 Å². The number of hydrogen-bond donors (Lipinski definition) is 0. The predicted octanol–water partition coefficient (Wildman–Crippen LogP) is 2.62. The van der Waals surface area contributed by atoms with Crippen molar-refractivity contribution < 1.29 is 4.79 Å². The van der Waals surface area contributed by atoms with E-state index in [-0.39, 0.29) is 5.78 Å². The van der Waals surface area contributed by atoms with Gasteiger partial charge in [-0.05, 0) is 12.8 Å². The van der Waals surface area contributed by atoms with E-state index in [1.54, 1.807) is 0 Å². The highest BCUT2D eigenvalue weighted by molar-refractivity contribution is 6.27. The van der Waals surface area contributed by atoms with E-state index in [1.807, 2.05) is 6.92 Å². The SMILES string of the molecule is CCC.CCC(=O)C=NC1CC1. The van der Waals surface area contributed by atoms with E-state index in [1.165, 1.54) is 25.5 Å². The molecule has 70 valence electrons. The van der Waals surface area contributed by atoms with Gasteiger partial charge in [-0.3, -0.25) is 9.79 Å². The number of aliphatic imine (C=N–C) groups is 1. The Bertz CT molecular complexity index is 148. The van der Waals surface area contributed by atoms with Crippen LogP contribution in [0, 0.1) is 0 Å². The number of Topliss-reactive ketones (excluding diaryl/α,β-unsaturated/α-hetero) is 1. The smallest absolute Gasteiger partial charge is 0.173 e. The molecular weight excluding hydrogens is 150 g/mol. The second-order valence-corrected chi connectivity index (χ2v) is 3.04. The van der Waals surface area contributed by atoms with E-state index in [9.17, 15) is 4.79 Å². The molecule has 0 aromatic carbocycles. The van der Waals surface area contributed by atoms with Crippen LogP contribution in [0.4, 0.5) is 0 Å². The van der Waals surface area contributed by atoms with Gasteiger partial charge >= 0.3 is 0 Å². The number of carbonyl (C=O) groups excluding carboxylic acids is 1. The Morgan fingerprint density at radius 1 is 1.42 bits per heavy atom. The third-order valence-electron chi connectivity index (χ3n) is 1.32. The van der Waals surface area contributed by atoms with Gasteiger partial charge in [-0.15, -0.1) is 0 Å². The molecule has 0 aromatic heterocycles. The van der Waals surface area contributed by atoms with E-state index < -0.39 is 0 Å². The maximum absolute atomic E-state index is 10.6. The normalized spacial score (nSPS) is 15.6. The number of nitrogens with zero attached hydrogens (tertiary/aromatic N) is 1. The standard InChI is InChI=1S/C7H11NO.C3H8/c1-2-7(9)5-8-6-3-4-6;1-3-2/h5-6H,2-4H2,1H3;3H2,1-2H3. The molecule has 0 aliphatic heterocycles. The van der Waals surface area contributed by atoms with Gasteiger partial charge in [0.15, 0.2) is 5.78 Å². The topological polar surface area (TPSA) is 29.4 Å². The lowest BCUT2D eigenvalue weighted by molar-refractivity contribution is -0.112. The molecule has 12 heavy (non-hydrogen) atoms. The third-order valence-corrected chi connectivity index (χ3v) is 1.32. The summed E-state index contributed by atoms with van der Waals surface area (Å²) in [5.41, 5.74) is 0. The van der Waals surface area contributed by atoms with Crippen LogP contribution in [0.15, 0.2) is 4.99 Å². The summed E-state index contributed by atoms with van der Waals surface area (Å²) in [4.78, 5) is 14.6. The van der Waals surface area contributed by atoms with Crippen LogP contribution < -0.4 is 0 Å². The molecule has 0 atom stereocenters. The molecule has 0 amide bonds. The molecule has 0 bridgehead atoms. The first-order chi connectivity index (χ1) is 5.74. The highest BCUT2D eigenvalue weighted by atomic mass is 16.1. The summed E-state index contributed by atoms with van der Waals surface area (Å²) in [7, 11) is 0. The lowest BCUT2D eigenvalue weighted by Gasteiger charge is -1.82. The molecule has 0 saturated heterocycles. The van der Waals surface area contributed by atoms with Crippen LogP contribution in [0.3, 0.4) is 0 Å². The Hall–Kier alpha value is -0.660. The summed E-state index contributed by atoms with van der Waals surface area (Å²) >= 11 is 0. The highest BCUT2D eigenvalue weighted by Gasteiger charge is 2.18. The van der Waals surface area contributed by atoms with E-state index >= 15 is 0 Å². The Kier molecular flexibility index (Phi) is 6.63. The summed E-state index contributed by atoms with van der Waals surface area (Å²) in [5, 5.41) is 0. The third kappa shape index (κ3) is 7.45. The van der Waals surface area contributed by atoms with Crippen LogP contribution >= 0.6 is 0 Å². The first kappa shape index (κ1) is 11.3. The van der Waals surface area contributed by atoms with Crippen molar-refractivity contribution in [3.63, 3.8) is 0 Å². The molecule has 1 saturated carbocycles. The van der Waals surface area contributed by atoms with Crippen molar-refractivity contribution in [2.75, 3.05) is 0 Å². The fraction of sp³-hybridized carbons (Fsp3) is 0.800. The van der Waals surface area contributed by atoms with Gasteiger partial charge in [0.1, 0.15) is 0 Å². The van der Waals surface area contributed by atoms with Gasteiger partial charge in [-0.2, -0.15) is 0 Å². The average Bonchev–Trinajstić information content (AvgIpc) is 2.85. The van der Waals surface area contributed by atoms with Crippen molar-refractivity contribution in [2.45, 2.75) is 52.5 Å². The van der Waals surface area contributed by atoms with E-state index in [2.05, 4.69) is 18.8 Å². The van der Waals surface area contributed by atoms with Crippen molar-refractivity contribution in [3.8, 4) is 0 Å². The molecule has 0 N–H and O–H groups in total. The maximum atomic E-state index is 10.6. The molecule has 2 heteroatoms. The molecular formula is C10H19NO. The molecule has 2 nitrogen and oxygen atoms in total. The zero-order valence-electron chi connectivity index (χ0n) is 8.34. The number of hydrogen-bond acceptors (Lipinski definition) is 2. The minimum atomic E-state index is 0.141. The van der Waals surface area contributed by atoms with Gasteiger partial charge in [0.25, 0.3) is 0 Å². The largest absolute Gasteiger partial charge is 0.293 e. The summed E-state index contributed by atoms with van der Waals surface area (Å²) in [6.07, 6.45) is 5.65. The van der Waals surface area contributed by atoms with Gasteiger partial charge in [0.2, 0.25) is 0 Å². The summed E-state index contributed by atoms with van der Waals surface area (Å²) < 4.78 is 0. The molecule has 1 fully saturated rings. The van der Waals surface area contributed by atoms with Crippen LogP contribution in [0.25, 0.3) is 0 Å². The van der Waals surface area contributed by atoms with Crippen LogP contribution in [0.1, 0.15) is 46.5 Å². The van der Waals surface area contributed by atoms with Crippen molar-refractivity contribution in [3.05, 3.63) is 0 Å². The Labute approximate surface area is 75.1 Å². The zero-order chi connectivity index (χ0) is 9.40. The first-order valence-corrected chi connectivity index (χ1v) is 4.80. The lowest BCUT2D eigenvalue weighted by atomic mass is 10.3. The summed E-state index contributed by atoms with van der Waals surface area (Å²) in [6.45, 7) is 6.10. The summed E-state index contributed by atoms with van der Waals surface area (Å²) in [5.74, 6) is 0.141. The minimum absolute atomic E-state index is 0.141. The molecule has 0 unspecified atom stereocenters. The van der Waals surface area contributed by atoms with Gasteiger partial charge in [-0.1, -0.05) is 27.2 Å². The fourth-order valence-corrected chi connectivity index (χ4v) is 0.503. The van der Waals surface area contributed by atoms with Gasteiger partial charge in [-0.25, -0.2) is 0 Å². The lowest BCUT2D eigenvalue weighted by Crippen LogP contribution is -1.96. The van der Waals surface area contributed by atoms with Gasteiger partial charge in [0, 0.05) is 6.42 Å². The zero-order valence-corrected chi connectivity index (χ0v) is 8.34. The quantitative estimate of drug-likeness (QED) is 0.597. The van der Waals surface area contributed by atoms with Crippen LogP contribution in [0.2, 0.25) is 0 Å². The fourth-order valence-electron chi connectivity index (χ4n) is 0.503. The van der Waals surface area contributed by atoms with Crippen molar-refractivity contribution >= 4 is 12.0 Å². The number of rotatable bonds is 3. The molecule has 1 rings (SSSR count). The van der Waals surface area contributed by atoms with Crippen LogP contribution in [0.5, 0.6) is 0 Å². The van der Waals surface area contributed by atoms with E-state index in [0.717, 1.165) is 0 Å². The molecule has 0 heterocycles. The monoisotopic (exact) mass is 169 g/mol. The average molecular weight is 169 g/mol. The van der Waals surface area contributed by atoms with Gasteiger partial charge < -0.3 is 0 Å². The molecule has 0 spiro atoms. The van der Waals surface area contributed by atoms with Crippen molar-refractivity contribution in [2.24, 2.45) is 4.99 Å². The number of carbonyl (C=O) groups is 1. The van der Waals surface area contributed by atoms with Gasteiger partial charge in [0.05, 0.1) is 12.3 Å². The second kappa shape index (κ2) is 7.01. The van der Waals surface area contributed by atoms with Crippen molar-refractivity contribution in [1.29, 1.82) is 0 Å². The number of ketones is 1. The molecule has 1 aliphatic rings. The maximum Gasteiger partial charge on any atom is 0.173 e. The van der Waals surface area contributed by atoms with E-state index in [4.69, 9.17) is 0 Å². The Balaban J connectivity index is 0.000000354. The molecule has 0 radical (unpaired) electrons. The second-order valence-electron chi connectivity index (χ2n) is 3.04. The Morgan fingerprint density at radius 3 is 2.25 bits per heavy atom. The predicted molar refractivity (Wildman–Crippen MR) is 52.8 cm³/mol. The minimum Gasteiger partial charge on any atom is -0.293 e. The summed E-state index contributed by atoms with van der Waals surface area (Å²) in [6, 6.07) is 0.487. The van der Waals surface area contributed by atoms with Crippen LogP contribution in [-0.4, -0.2) is 18.0 Å². The first-order valence-electron chi connectivity index (χ1n) is 4.80. The molecule has 1 aliphatic carbocycles. The van der Waals surface area contributed by atoms with E-state index in [0.29, 0.717) is 12.5 Å². The highest BCUT2D eigenvalue weighted by Crippen LogP contribution is 2.22.